The molecule has 0 aliphatic carbocycles. The minimum absolute atomic E-state index is 0.760. The quantitative estimate of drug-likeness (QED) is 0.861. The third-order valence-corrected chi connectivity index (χ3v) is 5.38. The number of rotatable bonds is 2. The van der Waals surface area contributed by atoms with Crippen molar-refractivity contribution < 1.29 is 0 Å². The van der Waals surface area contributed by atoms with Crippen LogP contribution in [0.1, 0.15) is 30.7 Å². The van der Waals surface area contributed by atoms with E-state index in [0.717, 1.165) is 26.7 Å². The van der Waals surface area contributed by atoms with E-state index < -0.39 is 0 Å². The fourth-order valence-corrected chi connectivity index (χ4v) is 4.98. The first-order valence-corrected chi connectivity index (χ1v) is 7.22. The lowest BCUT2D eigenvalue weighted by atomic mass is 10.1. The molecule has 1 unspecified atom stereocenters. The highest BCUT2D eigenvalue weighted by Crippen LogP contribution is 2.37. The van der Waals surface area contributed by atoms with Crippen LogP contribution < -0.4 is 5.32 Å². The second-order valence-corrected chi connectivity index (χ2v) is 7.17. The van der Waals surface area contributed by atoms with Gasteiger partial charge in [0.05, 0.1) is 0 Å². The molecule has 0 saturated carbocycles. The molecule has 0 spiro atoms. The van der Waals surface area contributed by atoms with E-state index in [-0.39, 0.29) is 0 Å². The summed E-state index contributed by atoms with van der Waals surface area (Å²) in [6.07, 6.45) is 5.35. The van der Waals surface area contributed by atoms with Crippen molar-refractivity contribution in [2.75, 3.05) is 0 Å². The Morgan fingerprint density at radius 1 is 1.27 bits per heavy atom. The summed E-state index contributed by atoms with van der Waals surface area (Å²) in [5.74, 6) is 0. The topological polar surface area (TPSA) is 37.8 Å². The molecule has 1 aromatic heterocycles. The van der Waals surface area contributed by atoms with Gasteiger partial charge in [-0.05, 0) is 32.6 Å². The van der Waals surface area contributed by atoms with Gasteiger partial charge in [-0.25, -0.2) is 0 Å². The highest BCUT2D eigenvalue weighted by molar-refractivity contribution is 8.01. The Balaban J connectivity index is 1.64. The second kappa shape index (κ2) is 4.03. The Labute approximate surface area is 98.1 Å². The molecule has 0 amide bonds. The molecule has 0 aromatic carbocycles. The largest absolute Gasteiger partial charge is 0.311 e. The fraction of sp³-hybridized carbons (Fsp3) is 0.800. The average Bonchev–Trinajstić information content (AvgIpc) is 2.74. The predicted octanol–water partition coefficient (Wildman–Crippen LogP) is 2.22. The lowest BCUT2D eigenvalue weighted by Crippen LogP contribution is -2.39. The van der Waals surface area contributed by atoms with Gasteiger partial charge < -0.3 is 5.32 Å². The number of nitrogens with one attached hydrogen (secondary N) is 1. The molecule has 3 atom stereocenters. The van der Waals surface area contributed by atoms with Crippen LogP contribution in [0.4, 0.5) is 0 Å². The zero-order valence-corrected chi connectivity index (χ0v) is 10.4. The summed E-state index contributed by atoms with van der Waals surface area (Å²) in [7, 11) is 0. The number of aryl methyl sites for hydroxylation is 1. The van der Waals surface area contributed by atoms with Gasteiger partial charge in [0.1, 0.15) is 5.01 Å². The monoisotopic (exact) mass is 241 g/mol. The van der Waals surface area contributed by atoms with Gasteiger partial charge in [0, 0.05) is 17.3 Å². The molecule has 3 heterocycles. The summed E-state index contributed by atoms with van der Waals surface area (Å²) in [6, 6.07) is 1.55. The number of piperidine rings is 1. The van der Waals surface area contributed by atoms with Gasteiger partial charge in [-0.3, -0.25) is 0 Å². The van der Waals surface area contributed by atoms with Crippen LogP contribution in [0.3, 0.4) is 0 Å². The normalized spacial score (nSPS) is 34.6. The van der Waals surface area contributed by atoms with Crippen molar-refractivity contribution >= 4 is 23.1 Å². The maximum absolute atomic E-state index is 4.19. The number of aromatic nitrogens is 2. The third-order valence-electron chi connectivity index (χ3n) is 3.20. The maximum Gasteiger partial charge on any atom is 0.174 e. The van der Waals surface area contributed by atoms with Crippen LogP contribution in [0.25, 0.3) is 0 Å². The minimum atomic E-state index is 0.760. The first-order valence-electron chi connectivity index (χ1n) is 5.52. The predicted molar refractivity (Wildman–Crippen MR) is 63.5 cm³/mol. The van der Waals surface area contributed by atoms with E-state index >= 15 is 0 Å². The molecule has 3 nitrogen and oxygen atoms in total. The Morgan fingerprint density at radius 3 is 2.60 bits per heavy atom. The lowest BCUT2D eigenvalue weighted by Gasteiger charge is -2.27. The van der Waals surface area contributed by atoms with Crippen LogP contribution in [0.15, 0.2) is 4.34 Å². The van der Waals surface area contributed by atoms with Crippen LogP contribution in [0, 0.1) is 6.92 Å². The van der Waals surface area contributed by atoms with Crippen LogP contribution in [0.5, 0.6) is 0 Å². The summed E-state index contributed by atoms with van der Waals surface area (Å²) in [4.78, 5) is 0. The first-order chi connectivity index (χ1) is 7.29. The lowest BCUT2D eigenvalue weighted by molar-refractivity contribution is 0.415. The van der Waals surface area contributed by atoms with Crippen molar-refractivity contribution in [2.45, 2.75) is 54.3 Å². The first kappa shape index (κ1) is 10.1. The standard InChI is InChI=1S/C10H15N3S2/c1-6-12-13-10(14-6)15-9-4-7-2-3-8(5-9)11-7/h7-9,11H,2-5H2,1H3/t7-,8+,9?. The van der Waals surface area contributed by atoms with Crippen molar-refractivity contribution in [3.05, 3.63) is 5.01 Å². The van der Waals surface area contributed by atoms with Gasteiger partial charge in [-0.2, -0.15) is 0 Å². The van der Waals surface area contributed by atoms with Gasteiger partial charge >= 0.3 is 0 Å². The van der Waals surface area contributed by atoms with Crippen molar-refractivity contribution in [2.24, 2.45) is 0 Å². The molecule has 2 fully saturated rings. The third kappa shape index (κ3) is 2.19. The van der Waals surface area contributed by atoms with E-state index in [1.54, 1.807) is 11.3 Å². The van der Waals surface area contributed by atoms with Crippen LogP contribution in [0.2, 0.25) is 0 Å². The summed E-state index contributed by atoms with van der Waals surface area (Å²) < 4.78 is 1.15. The molecule has 3 rings (SSSR count). The zero-order chi connectivity index (χ0) is 10.3. The van der Waals surface area contributed by atoms with E-state index in [1.165, 1.54) is 25.7 Å². The van der Waals surface area contributed by atoms with Crippen molar-refractivity contribution in [3.63, 3.8) is 0 Å². The number of hydrogen-bond donors (Lipinski definition) is 1. The van der Waals surface area contributed by atoms with E-state index in [4.69, 9.17) is 0 Å². The van der Waals surface area contributed by atoms with Crippen LogP contribution in [-0.4, -0.2) is 27.5 Å². The van der Waals surface area contributed by atoms with E-state index in [1.807, 2.05) is 18.7 Å². The van der Waals surface area contributed by atoms with Crippen LogP contribution >= 0.6 is 23.1 Å². The average molecular weight is 241 g/mol. The molecule has 1 N–H and O–H groups in total. The van der Waals surface area contributed by atoms with E-state index in [2.05, 4.69) is 15.5 Å². The highest BCUT2D eigenvalue weighted by Gasteiger charge is 2.34. The molecule has 2 aliphatic heterocycles. The Morgan fingerprint density at radius 2 is 2.00 bits per heavy atom. The summed E-state index contributed by atoms with van der Waals surface area (Å²) in [5, 5.41) is 13.8. The second-order valence-electron chi connectivity index (χ2n) is 4.44. The van der Waals surface area contributed by atoms with Crippen LogP contribution in [-0.2, 0) is 0 Å². The molecule has 2 bridgehead atoms. The van der Waals surface area contributed by atoms with Crippen molar-refractivity contribution in [1.82, 2.24) is 15.5 Å². The smallest absolute Gasteiger partial charge is 0.174 e. The molecule has 82 valence electrons. The Bertz CT molecular complexity index is 340. The minimum Gasteiger partial charge on any atom is -0.311 e. The number of fused-ring (bicyclic) bond motifs is 2. The fourth-order valence-electron chi connectivity index (χ4n) is 2.57. The molecular formula is C10H15N3S2. The van der Waals surface area contributed by atoms with E-state index in [9.17, 15) is 0 Å². The summed E-state index contributed by atoms with van der Waals surface area (Å²) in [5.41, 5.74) is 0. The van der Waals surface area contributed by atoms with E-state index in [0.29, 0.717) is 0 Å². The molecular weight excluding hydrogens is 226 g/mol. The van der Waals surface area contributed by atoms with Gasteiger partial charge in [-0.15, -0.1) is 10.2 Å². The van der Waals surface area contributed by atoms with Crippen molar-refractivity contribution in [1.29, 1.82) is 0 Å². The number of nitrogens with zero attached hydrogens (tertiary/aromatic N) is 2. The maximum atomic E-state index is 4.19. The van der Waals surface area contributed by atoms with Gasteiger partial charge in [0.15, 0.2) is 4.34 Å². The SMILES string of the molecule is Cc1nnc(SC2C[C@H]3CC[C@@H](C2)N3)s1. The summed E-state index contributed by atoms with van der Waals surface area (Å²) in [6.45, 7) is 2.02. The summed E-state index contributed by atoms with van der Waals surface area (Å²) >= 11 is 3.66. The highest BCUT2D eigenvalue weighted by atomic mass is 32.2. The molecule has 2 aliphatic rings. The molecule has 0 radical (unpaired) electrons. The zero-order valence-electron chi connectivity index (χ0n) is 8.77. The molecule has 5 heteroatoms. The van der Waals surface area contributed by atoms with Crippen molar-refractivity contribution in [3.8, 4) is 0 Å². The number of hydrogen-bond acceptors (Lipinski definition) is 5. The van der Waals surface area contributed by atoms with Gasteiger partial charge in [-0.1, -0.05) is 23.1 Å². The van der Waals surface area contributed by atoms with Gasteiger partial charge in [0.25, 0.3) is 0 Å². The Hall–Kier alpha value is -0.130. The molecule has 15 heavy (non-hydrogen) atoms. The molecule has 2 saturated heterocycles. The molecule has 1 aromatic rings. The number of thioether (sulfide) groups is 1. The van der Waals surface area contributed by atoms with Gasteiger partial charge in [0.2, 0.25) is 0 Å². The Kier molecular flexibility index (Phi) is 2.70.